The van der Waals surface area contributed by atoms with Crippen molar-refractivity contribution in [1.29, 1.82) is 0 Å². The van der Waals surface area contributed by atoms with Crippen LogP contribution in [0.3, 0.4) is 0 Å². The van der Waals surface area contributed by atoms with Crippen molar-refractivity contribution < 1.29 is 21.7 Å². The van der Waals surface area contributed by atoms with Crippen LogP contribution in [0.1, 0.15) is 0 Å². The molecule has 0 fully saturated rings. The fourth-order valence-corrected chi connectivity index (χ4v) is 0.642. The Labute approximate surface area is 89.9 Å². The van der Waals surface area contributed by atoms with Crippen LogP contribution in [0, 0.1) is 7.43 Å². The summed E-state index contributed by atoms with van der Waals surface area (Å²) in [4.78, 5) is 0. The van der Waals surface area contributed by atoms with Gasteiger partial charge in [-0.1, -0.05) is 0 Å². The van der Waals surface area contributed by atoms with Crippen molar-refractivity contribution in [2.75, 3.05) is 0 Å². The molecule has 2 aromatic rings. The maximum atomic E-state index is 2.00. The minimum absolute atomic E-state index is 0. The molecule has 0 amide bonds. The molecule has 0 heterocycles. The molecule has 2 aromatic carbocycles. The molecule has 0 saturated carbocycles. The Balaban J connectivity index is 0. The largest absolute Gasteiger partial charge is 3.00 e. The van der Waals surface area contributed by atoms with Crippen molar-refractivity contribution in [3.63, 3.8) is 0 Å². The summed E-state index contributed by atoms with van der Waals surface area (Å²) in [6.07, 6.45) is 0. The third-order valence-corrected chi connectivity index (χ3v) is 1.11. The van der Waals surface area contributed by atoms with Gasteiger partial charge in [-0.25, -0.2) is 24.3 Å². The van der Waals surface area contributed by atoms with Crippen LogP contribution in [0.15, 0.2) is 60.7 Å². The average molecular weight is 193 g/mol. The van der Waals surface area contributed by atoms with E-state index < -0.39 is 0 Å². The van der Waals surface area contributed by atoms with E-state index in [4.69, 9.17) is 0 Å². The third kappa shape index (κ3) is 7.52. The molecule has 2 rings (SSSR count). The Morgan fingerprint density at radius 3 is 0.917 bits per heavy atom. The second kappa shape index (κ2) is 10.4. The van der Waals surface area contributed by atoms with Crippen molar-refractivity contribution in [2.45, 2.75) is 0 Å². The molecule has 0 aliphatic carbocycles. The molecular formula is C11H13Ti. The average Bonchev–Trinajstić information content (AvgIpc) is 2.67. The third-order valence-electron chi connectivity index (χ3n) is 1.11. The first-order chi connectivity index (χ1) is 5.00. The van der Waals surface area contributed by atoms with Crippen LogP contribution >= 0.6 is 0 Å². The van der Waals surface area contributed by atoms with Gasteiger partial charge in [0.1, 0.15) is 0 Å². The van der Waals surface area contributed by atoms with Crippen molar-refractivity contribution in [3.05, 3.63) is 68.1 Å². The molecule has 0 aromatic heterocycles. The number of hydrogen-bond donors (Lipinski definition) is 0. The van der Waals surface area contributed by atoms with Gasteiger partial charge in [0.25, 0.3) is 0 Å². The Kier molecular flexibility index (Phi) is 12.1. The van der Waals surface area contributed by atoms with E-state index in [1.54, 1.807) is 0 Å². The summed E-state index contributed by atoms with van der Waals surface area (Å²) in [7, 11) is 0. The van der Waals surface area contributed by atoms with E-state index in [0.29, 0.717) is 0 Å². The van der Waals surface area contributed by atoms with Crippen molar-refractivity contribution in [3.8, 4) is 0 Å². The normalized spacial score (nSPS) is 6.67. The molecular weight excluding hydrogens is 180 g/mol. The monoisotopic (exact) mass is 193 g/mol. The van der Waals surface area contributed by atoms with Gasteiger partial charge in [-0.15, -0.1) is 0 Å². The molecule has 0 nitrogen and oxygen atoms in total. The van der Waals surface area contributed by atoms with Crippen molar-refractivity contribution in [1.82, 2.24) is 0 Å². The smallest absolute Gasteiger partial charge is 0.358 e. The van der Waals surface area contributed by atoms with E-state index in [9.17, 15) is 0 Å². The van der Waals surface area contributed by atoms with Crippen LogP contribution in [-0.2, 0) is 21.7 Å². The molecule has 1 radical (unpaired) electrons. The molecule has 0 unspecified atom stereocenters. The summed E-state index contributed by atoms with van der Waals surface area (Å²) in [6.45, 7) is 0. The van der Waals surface area contributed by atoms with E-state index in [2.05, 4.69) is 0 Å². The zero-order valence-electron chi connectivity index (χ0n) is 7.27. The second-order valence-electron chi connectivity index (χ2n) is 1.92. The van der Waals surface area contributed by atoms with Crippen molar-refractivity contribution in [2.24, 2.45) is 0 Å². The fourth-order valence-electron chi connectivity index (χ4n) is 0.642. The SMILES string of the molecule is [CH3-].[Ti+3].c1cc[cH-]c1.c1cc[cH-]c1. The van der Waals surface area contributed by atoms with Crippen LogP contribution in [0.4, 0.5) is 0 Å². The molecule has 0 aliphatic heterocycles. The maximum absolute atomic E-state index is 2.00. The van der Waals surface area contributed by atoms with Crippen molar-refractivity contribution >= 4 is 0 Å². The van der Waals surface area contributed by atoms with Gasteiger partial charge in [0.05, 0.1) is 0 Å². The Hall–Kier alpha value is -0.586. The van der Waals surface area contributed by atoms with Crippen LogP contribution < -0.4 is 0 Å². The maximum Gasteiger partial charge on any atom is 3.00 e. The topological polar surface area (TPSA) is 0 Å². The number of hydrogen-bond acceptors (Lipinski definition) is 0. The van der Waals surface area contributed by atoms with E-state index in [0.717, 1.165) is 0 Å². The zero-order valence-corrected chi connectivity index (χ0v) is 8.84. The summed E-state index contributed by atoms with van der Waals surface area (Å²) in [5.41, 5.74) is 0. The molecule has 0 saturated heterocycles. The minimum Gasteiger partial charge on any atom is -0.358 e. The molecule has 0 atom stereocenters. The quantitative estimate of drug-likeness (QED) is 0.445. The predicted octanol–water partition coefficient (Wildman–Crippen LogP) is 3.26. The van der Waals surface area contributed by atoms with E-state index in [1.165, 1.54) is 0 Å². The molecule has 1 heteroatoms. The van der Waals surface area contributed by atoms with Gasteiger partial charge in [-0.05, 0) is 0 Å². The molecule has 12 heavy (non-hydrogen) atoms. The van der Waals surface area contributed by atoms with Gasteiger partial charge < -0.3 is 7.43 Å². The summed E-state index contributed by atoms with van der Waals surface area (Å²) < 4.78 is 0. The molecule has 61 valence electrons. The number of rotatable bonds is 0. The molecule has 0 spiro atoms. The first-order valence-electron chi connectivity index (χ1n) is 3.33. The zero-order chi connectivity index (χ0) is 7.07. The molecule has 0 bridgehead atoms. The molecule has 0 aliphatic rings. The van der Waals surface area contributed by atoms with Gasteiger partial charge >= 0.3 is 21.7 Å². The summed E-state index contributed by atoms with van der Waals surface area (Å²) >= 11 is 0. The second-order valence-corrected chi connectivity index (χ2v) is 1.92. The fraction of sp³-hybridized carbons (Fsp3) is 0. The van der Waals surface area contributed by atoms with Gasteiger partial charge in [0.15, 0.2) is 0 Å². The van der Waals surface area contributed by atoms with Crippen LogP contribution in [0.2, 0.25) is 0 Å². The molecule has 0 N–H and O–H groups in total. The summed E-state index contributed by atoms with van der Waals surface area (Å²) in [5.74, 6) is 0. The Bertz CT molecular complexity index is 144. The standard InChI is InChI=1S/2C5H5.CH3.Ti/c2*1-2-4-5-3-1;;/h2*1-5H;1H3;/q3*-1;+3. The van der Waals surface area contributed by atoms with Crippen LogP contribution in [0.5, 0.6) is 0 Å². The van der Waals surface area contributed by atoms with E-state index in [1.807, 2.05) is 60.7 Å². The minimum atomic E-state index is 0. The summed E-state index contributed by atoms with van der Waals surface area (Å²) in [5, 5.41) is 0. The van der Waals surface area contributed by atoms with Gasteiger partial charge in [0, 0.05) is 0 Å². The Morgan fingerprint density at radius 1 is 0.583 bits per heavy atom. The first kappa shape index (κ1) is 14.0. The summed E-state index contributed by atoms with van der Waals surface area (Å²) in [6, 6.07) is 20.0. The van der Waals surface area contributed by atoms with E-state index in [-0.39, 0.29) is 29.1 Å². The van der Waals surface area contributed by atoms with Gasteiger partial charge in [-0.2, -0.15) is 36.4 Å². The predicted molar refractivity (Wildman–Crippen MR) is 50.5 cm³/mol. The van der Waals surface area contributed by atoms with Crippen LogP contribution in [-0.4, -0.2) is 0 Å². The van der Waals surface area contributed by atoms with Gasteiger partial charge in [-0.3, -0.25) is 0 Å². The Morgan fingerprint density at radius 2 is 0.833 bits per heavy atom. The van der Waals surface area contributed by atoms with Crippen LogP contribution in [0.25, 0.3) is 0 Å². The first-order valence-corrected chi connectivity index (χ1v) is 3.33. The van der Waals surface area contributed by atoms with E-state index >= 15 is 0 Å². The van der Waals surface area contributed by atoms with Gasteiger partial charge in [0.2, 0.25) is 0 Å².